The monoisotopic (exact) mass is 386 g/mol. The number of nitrogens with zero attached hydrogens (tertiary/aromatic N) is 1. The summed E-state index contributed by atoms with van der Waals surface area (Å²) in [6.45, 7) is 8.01. The van der Waals surface area contributed by atoms with Gasteiger partial charge in [0.2, 0.25) is 5.44 Å². The smallest absolute Gasteiger partial charge is 0.272 e. The second-order valence-electron chi connectivity index (χ2n) is 6.86. The van der Waals surface area contributed by atoms with Crippen LogP contribution < -0.4 is 10.1 Å². The quantitative estimate of drug-likeness (QED) is 0.609. The minimum atomic E-state index is -0.678. The van der Waals surface area contributed by atoms with Crippen molar-refractivity contribution in [3.8, 4) is 17.6 Å². The zero-order valence-corrected chi connectivity index (χ0v) is 17.5. The molecule has 0 fully saturated rings. The van der Waals surface area contributed by atoms with Crippen LogP contribution in [0.3, 0.4) is 0 Å². The van der Waals surface area contributed by atoms with E-state index in [0.717, 1.165) is 22.0 Å². The first-order valence-corrected chi connectivity index (χ1v) is 9.92. The van der Waals surface area contributed by atoms with Crippen molar-refractivity contribution in [1.29, 1.82) is 0 Å². The number of methoxy groups -OCH3 is 1. The van der Waals surface area contributed by atoms with Gasteiger partial charge in [-0.1, -0.05) is 11.8 Å². The summed E-state index contributed by atoms with van der Waals surface area (Å²) in [6.07, 6.45) is 3.69. The first kappa shape index (κ1) is 21.1. The summed E-state index contributed by atoms with van der Waals surface area (Å²) in [4.78, 5) is 17.1. The van der Waals surface area contributed by atoms with Gasteiger partial charge >= 0.3 is 0 Å². The highest BCUT2D eigenvalue weighted by molar-refractivity contribution is 7.99. The maximum Gasteiger partial charge on any atom is 0.272 e. The van der Waals surface area contributed by atoms with Crippen molar-refractivity contribution < 1.29 is 14.3 Å². The summed E-state index contributed by atoms with van der Waals surface area (Å²) in [5, 5.41) is 3.92. The molecule has 1 aromatic heterocycles. The Bertz CT molecular complexity index is 884. The predicted molar refractivity (Wildman–Crippen MR) is 111 cm³/mol. The second-order valence-corrected chi connectivity index (χ2v) is 7.76. The summed E-state index contributed by atoms with van der Waals surface area (Å²) in [5.74, 6) is 6.29. The topological polar surface area (TPSA) is 60.5 Å². The van der Waals surface area contributed by atoms with Gasteiger partial charge in [-0.2, -0.15) is 0 Å². The van der Waals surface area contributed by atoms with E-state index < -0.39 is 11.0 Å². The van der Waals surface area contributed by atoms with Crippen LogP contribution in [-0.2, 0) is 9.53 Å². The van der Waals surface area contributed by atoms with Gasteiger partial charge in [-0.25, -0.2) is 0 Å². The highest BCUT2D eigenvalue weighted by atomic mass is 32.2. The first-order valence-electron chi connectivity index (χ1n) is 8.63. The lowest BCUT2D eigenvalue weighted by Gasteiger charge is -2.24. The van der Waals surface area contributed by atoms with Gasteiger partial charge in [-0.05, 0) is 63.3 Å². The molecule has 0 aliphatic heterocycles. The summed E-state index contributed by atoms with van der Waals surface area (Å²) in [5.41, 5.74) is 1.67. The number of carbonyl (C=O) groups excluding carboxylic acids is 1. The fourth-order valence-corrected chi connectivity index (χ4v) is 3.12. The Hall–Kier alpha value is -2.23. The molecule has 0 aliphatic carbocycles. The number of ether oxygens (including phenoxy) is 2. The molecule has 1 aromatic carbocycles. The van der Waals surface area contributed by atoms with Crippen LogP contribution in [0.25, 0.3) is 10.9 Å². The molecule has 1 atom stereocenters. The number of hydrogen-bond acceptors (Lipinski definition) is 5. The number of fused-ring (bicyclic) bond motifs is 1. The van der Waals surface area contributed by atoms with Crippen molar-refractivity contribution in [2.45, 2.75) is 38.7 Å². The Morgan fingerprint density at radius 2 is 2.07 bits per heavy atom. The van der Waals surface area contributed by atoms with E-state index in [0.29, 0.717) is 12.4 Å². The Kier molecular flexibility index (Phi) is 7.11. The number of carbonyl (C=O) groups is 1. The average molecular weight is 387 g/mol. The Balaban J connectivity index is 2.18. The molecule has 1 unspecified atom stereocenters. The first-order chi connectivity index (χ1) is 12.8. The molecular weight excluding hydrogens is 360 g/mol. The van der Waals surface area contributed by atoms with Crippen LogP contribution in [0.4, 0.5) is 0 Å². The largest absolute Gasteiger partial charge is 0.470 e. The number of rotatable bonds is 6. The van der Waals surface area contributed by atoms with Crippen LogP contribution in [0, 0.1) is 25.7 Å². The van der Waals surface area contributed by atoms with Gasteiger partial charge in [0.1, 0.15) is 12.4 Å². The van der Waals surface area contributed by atoms with E-state index >= 15 is 0 Å². The van der Waals surface area contributed by atoms with Crippen molar-refractivity contribution in [1.82, 2.24) is 10.3 Å². The normalized spacial score (nSPS) is 12.2. The van der Waals surface area contributed by atoms with Crippen molar-refractivity contribution in [2.24, 2.45) is 0 Å². The third-order valence-corrected chi connectivity index (χ3v) is 4.55. The van der Waals surface area contributed by atoms with E-state index in [-0.39, 0.29) is 5.91 Å². The Labute approximate surface area is 165 Å². The zero-order chi connectivity index (χ0) is 20.0. The van der Waals surface area contributed by atoms with Crippen molar-refractivity contribution in [2.75, 3.05) is 20.0 Å². The lowest BCUT2D eigenvalue weighted by molar-refractivity contribution is -0.125. The maximum absolute atomic E-state index is 12.7. The molecule has 27 heavy (non-hydrogen) atoms. The maximum atomic E-state index is 12.7. The fourth-order valence-electron chi connectivity index (χ4n) is 2.64. The van der Waals surface area contributed by atoms with Gasteiger partial charge < -0.3 is 14.8 Å². The number of thioether (sulfide) groups is 1. The van der Waals surface area contributed by atoms with Crippen LogP contribution in [0.2, 0.25) is 0 Å². The molecule has 0 saturated heterocycles. The summed E-state index contributed by atoms with van der Waals surface area (Å²) in [7, 11) is 1.58. The molecule has 0 radical (unpaired) electrons. The van der Waals surface area contributed by atoms with Crippen molar-refractivity contribution in [3.63, 3.8) is 0 Å². The van der Waals surface area contributed by atoms with Crippen LogP contribution >= 0.6 is 11.8 Å². The molecule has 0 saturated carbocycles. The van der Waals surface area contributed by atoms with Gasteiger partial charge in [0.05, 0.1) is 11.1 Å². The van der Waals surface area contributed by atoms with E-state index in [4.69, 9.17) is 9.47 Å². The predicted octanol–water partition coefficient (Wildman–Crippen LogP) is 3.46. The lowest BCUT2D eigenvalue weighted by atomic mass is 10.1. The van der Waals surface area contributed by atoms with E-state index in [1.54, 1.807) is 7.11 Å². The molecule has 5 nitrogen and oxygen atoms in total. The van der Waals surface area contributed by atoms with Crippen LogP contribution in [0.5, 0.6) is 5.75 Å². The molecular formula is C21H26N2O3S. The van der Waals surface area contributed by atoms with Crippen LogP contribution in [0.15, 0.2) is 24.4 Å². The Morgan fingerprint density at radius 1 is 1.33 bits per heavy atom. The SMILES string of the molecule is COCC#CC(C)(C)NC(=O)C(Oc1cc(C)c2ncc(C)cc2c1)SC. The molecule has 1 N–H and O–H groups in total. The number of benzene rings is 1. The van der Waals surface area contributed by atoms with Gasteiger partial charge in [0, 0.05) is 18.7 Å². The standard InChI is InChI=1S/C21H26N2O3S/c1-14-10-16-12-17(11-15(2)18(16)22-13-14)26-20(27-6)19(24)23-21(3,4)8-7-9-25-5/h10-13,20H,9H2,1-6H3,(H,23,24). The third-order valence-electron chi connectivity index (χ3n) is 3.81. The Morgan fingerprint density at radius 3 is 2.74 bits per heavy atom. The molecule has 1 amide bonds. The van der Waals surface area contributed by atoms with Crippen molar-refractivity contribution in [3.05, 3.63) is 35.5 Å². The molecule has 6 heteroatoms. The number of hydrogen-bond donors (Lipinski definition) is 1. The summed E-state index contributed by atoms with van der Waals surface area (Å²) in [6, 6.07) is 5.89. The lowest BCUT2D eigenvalue weighted by Crippen LogP contribution is -2.47. The molecule has 1 heterocycles. The van der Waals surface area contributed by atoms with E-state index in [1.807, 2.05) is 52.3 Å². The summed E-state index contributed by atoms with van der Waals surface area (Å²) < 4.78 is 10.9. The molecule has 0 spiro atoms. The van der Waals surface area contributed by atoms with E-state index in [2.05, 4.69) is 28.2 Å². The number of pyridine rings is 1. The number of nitrogens with one attached hydrogen (secondary N) is 1. The highest BCUT2D eigenvalue weighted by Gasteiger charge is 2.25. The van der Waals surface area contributed by atoms with Gasteiger partial charge in [0.15, 0.2) is 0 Å². The third kappa shape index (κ3) is 5.88. The molecule has 2 rings (SSSR count). The molecule has 0 aliphatic rings. The average Bonchev–Trinajstić information content (AvgIpc) is 2.58. The number of amides is 1. The van der Waals surface area contributed by atoms with E-state index in [1.165, 1.54) is 11.8 Å². The second kappa shape index (κ2) is 9.12. The molecule has 0 bridgehead atoms. The van der Waals surface area contributed by atoms with Crippen LogP contribution in [-0.4, -0.2) is 41.8 Å². The minimum Gasteiger partial charge on any atom is -0.470 e. The summed E-state index contributed by atoms with van der Waals surface area (Å²) >= 11 is 1.33. The minimum absolute atomic E-state index is 0.223. The number of aromatic nitrogens is 1. The van der Waals surface area contributed by atoms with Crippen molar-refractivity contribution >= 4 is 28.6 Å². The van der Waals surface area contributed by atoms with Gasteiger partial charge in [0.25, 0.3) is 5.91 Å². The molecule has 144 valence electrons. The van der Waals surface area contributed by atoms with Gasteiger partial charge in [-0.3, -0.25) is 9.78 Å². The van der Waals surface area contributed by atoms with E-state index in [9.17, 15) is 4.79 Å². The van der Waals surface area contributed by atoms with Gasteiger partial charge in [-0.15, -0.1) is 11.8 Å². The highest BCUT2D eigenvalue weighted by Crippen LogP contribution is 2.26. The fraction of sp³-hybridized carbons (Fsp3) is 0.429. The number of aryl methyl sites for hydroxylation is 2. The zero-order valence-electron chi connectivity index (χ0n) is 16.7. The molecule has 2 aromatic rings. The van der Waals surface area contributed by atoms with Crippen LogP contribution in [0.1, 0.15) is 25.0 Å².